The molecule has 4 N–H and O–H groups in total. The summed E-state index contributed by atoms with van der Waals surface area (Å²) in [5.74, 6) is 0. The van der Waals surface area contributed by atoms with Gasteiger partial charge in [-0.3, -0.25) is 5.10 Å². The predicted molar refractivity (Wildman–Crippen MR) is 50.1 cm³/mol. The van der Waals surface area contributed by atoms with E-state index in [1.807, 2.05) is 18.2 Å². The van der Waals surface area contributed by atoms with Gasteiger partial charge in [-0.15, -0.1) is 0 Å². The highest BCUT2D eigenvalue weighted by Crippen LogP contribution is 2.20. The molecular formula is C9H11N3O. The molecule has 0 aliphatic carbocycles. The van der Waals surface area contributed by atoms with Crippen LogP contribution < -0.4 is 5.73 Å². The first-order valence-electron chi connectivity index (χ1n) is 4.11. The standard InChI is InChI=1S/C9H11N3O/c10-8(5-13)7-3-1-2-6-4-11-12-9(6)7/h1-4,8,13H,5,10H2,(H,11,12). The first-order chi connectivity index (χ1) is 6.33. The van der Waals surface area contributed by atoms with Crippen molar-refractivity contribution in [2.24, 2.45) is 5.73 Å². The van der Waals surface area contributed by atoms with Gasteiger partial charge >= 0.3 is 0 Å². The van der Waals surface area contributed by atoms with Gasteiger partial charge in [0.1, 0.15) is 0 Å². The monoisotopic (exact) mass is 177 g/mol. The average Bonchev–Trinajstić information content (AvgIpc) is 2.63. The number of hydrogen-bond donors (Lipinski definition) is 3. The number of aliphatic hydroxyl groups excluding tert-OH is 1. The molecule has 1 atom stereocenters. The second-order valence-corrected chi connectivity index (χ2v) is 2.97. The molecule has 1 aromatic heterocycles. The Morgan fingerprint density at radius 2 is 2.38 bits per heavy atom. The normalized spacial score (nSPS) is 13.4. The first kappa shape index (κ1) is 8.22. The number of hydrogen-bond acceptors (Lipinski definition) is 3. The number of H-pyrrole nitrogens is 1. The van der Waals surface area contributed by atoms with E-state index in [-0.39, 0.29) is 12.6 Å². The fourth-order valence-corrected chi connectivity index (χ4v) is 1.40. The van der Waals surface area contributed by atoms with Crippen LogP contribution in [-0.4, -0.2) is 21.9 Å². The van der Waals surface area contributed by atoms with Crippen LogP contribution >= 0.6 is 0 Å². The average molecular weight is 177 g/mol. The SMILES string of the molecule is NC(CO)c1cccc2cn[nH]c12. The second kappa shape index (κ2) is 3.16. The van der Waals surface area contributed by atoms with Gasteiger partial charge in [-0.05, 0) is 5.56 Å². The summed E-state index contributed by atoms with van der Waals surface area (Å²) in [5.41, 5.74) is 7.53. The van der Waals surface area contributed by atoms with Crippen LogP contribution in [0.3, 0.4) is 0 Å². The molecule has 2 rings (SSSR count). The van der Waals surface area contributed by atoms with Crippen LogP contribution in [0.15, 0.2) is 24.4 Å². The van der Waals surface area contributed by atoms with E-state index in [9.17, 15) is 0 Å². The van der Waals surface area contributed by atoms with Gasteiger partial charge in [0.25, 0.3) is 0 Å². The molecule has 0 aliphatic rings. The molecule has 1 aromatic carbocycles. The molecule has 1 heterocycles. The Hall–Kier alpha value is -1.39. The summed E-state index contributed by atoms with van der Waals surface area (Å²) >= 11 is 0. The smallest absolute Gasteiger partial charge is 0.0698 e. The molecule has 0 bridgehead atoms. The molecular weight excluding hydrogens is 166 g/mol. The number of para-hydroxylation sites is 1. The Morgan fingerprint density at radius 1 is 1.54 bits per heavy atom. The third-order valence-electron chi connectivity index (χ3n) is 2.11. The van der Waals surface area contributed by atoms with E-state index in [2.05, 4.69) is 10.2 Å². The Labute approximate surface area is 75.4 Å². The first-order valence-corrected chi connectivity index (χ1v) is 4.11. The fourth-order valence-electron chi connectivity index (χ4n) is 1.40. The molecule has 0 amide bonds. The highest BCUT2D eigenvalue weighted by Gasteiger charge is 2.08. The molecule has 0 spiro atoms. The number of nitrogens with two attached hydrogens (primary N) is 1. The van der Waals surface area contributed by atoms with Gasteiger partial charge in [-0.25, -0.2) is 0 Å². The van der Waals surface area contributed by atoms with Crippen molar-refractivity contribution in [2.75, 3.05) is 6.61 Å². The summed E-state index contributed by atoms with van der Waals surface area (Å²) in [7, 11) is 0. The molecule has 2 aromatic rings. The van der Waals surface area contributed by atoms with Crippen molar-refractivity contribution >= 4 is 10.9 Å². The van der Waals surface area contributed by atoms with Crippen LogP contribution in [0.1, 0.15) is 11.6 Å². The molecule has 0 fully saturated rings. The van der Waals surface area contributed by atoms with Gasteiger partial charge in [0.15, 0.2) is 0 Å². The van der Waals surface area contributed by atoms with Gasteiger partial charge in [0, 0.05) is 5.39 Å². The predicted octanol–water partition coefficient (Wildman–Crippen LogP) is 0.555. The van der Waals surface area contributed by atoms with Gasteiger partial charge in [-0.2, -0.15) is 5.10 Å². The van der Waals surface area contributed by atoms with Crippen LogP contribution in [0.4, 0.5) is 0 Å². The summed E-state index contributed by atoms with van der Waals surface area (Å²) in [4.78, 5) is 0. The lowest BCUT2D eigenvalue weighted by Gasteiger charge is -2.08. The maximum absolute atomic E-state index is 8.93. The van der Waals surface area contributed by atoms with Gasteiger partial charge < -0.3 is 10.8 Å². The number of nitrogens with one attached hydrogen (secondary N) is 1. The van der Waals surface area contributed by atoms with E-state index >= 15 is 0 Å². The number of nitrogens with zero attached hydrogens (tertiary/aromatic N) is 1. The van der Waals surface area contributed by atoms with E-state index in [0.29, 0.717) is 0 Å². The number of aliphatic hydroxyl groups is 1. The molecule has 4 nitrogen and oxygen atoms in total. The zero-order chi connectivity index (χ0) is 9.26. The van der Waals surface area contributed by atoms with Crippen molar-refractivity contribution in [1.82, 2.24) is 10.2 Å². The van der Waals surface area contributed by atoms with Crippen molar-refractivity contribution in [2.45, 2.75) is 6.04 Å². The lowest BCUT2D eigenvalue weighted by molar-refractivity contribution is 0.268. The summed E-state index contributed by atoms with van der Waals surface area (Å²) < 4.78 is 0. The zero-order valence-corrected chi connectivity index (χ0v) is 7.07. The summed E-state index contributed by atoms with van der Waals surface area (Å²) in [5, 5.41) is 16.7. The molecule has 1 unspecified atom stereocenters. The number of fused-ring (bicyclic) bond motifs is 1. The number of aromatic nitrogens is 2. The Kier molecular flexibility index (Phi) is 2.00. The minimum Gasteiger partial charge on any atom is -0.394 e. The van der Waals surface area contributed by atoms with Crippen molar-refractivity contribution in [3.05, 3.63) is 30.0 Å². The lowest BCUT2D eigenvalue weighted by Crippen LogP contribution is -2.14. The summed E-state index contributed by atoms with van der Waals surface area (Å²) in [6.07, 6.45) is 1.74. The minimum absolute atomic E-state index is 0.0574. The van der Waals surface area contributed by atoms with E-state index in [1.165, 1.54) is 0 Å². The number of aromatic amines is 1. The van der Waals surface area contributed by atoms with Gasteiger partial charge in [0.2, 0.25) is 0 Å². The number of rotatable bonds is 2. The van der Waals surface area contributed by atoms with E-state index in [1.54, 1.807) is 6.20 Å². The van der Waals surface area contributed by atoms with Crippen LogP contribution in [-0.2, 0) is 0 Å². The number of benzene rings is 1. The van der Waals surface area contributed by atoms with Crippen LogP contribution in [0.2, 0.25) is 0 Å². The molecule has 13 heavy (non-hydrogen) atoms. The Bertz CT molecular complexity index is 410. The third kappa shape index (κ3) is 1.30. The van der Waals surface area contributed by atoms with Gasteiger partial charge in [-0.1, -0.05) is 18.2 Å². The maximum Gasteiger partial charge on any atom is 0.0698 e. The Balaban J connectivity index is 2.60. The van der Waals surface area contributed by atoms with E-state index in [0.717, 1.165) is 16.5 Å². The topological polar surface area (TPSA) is 74.9 Å². The molecule has 0 radical (unpaired) electrons. The van der Waals surface area contributed by atoms with Crippen LogP contribution in [0.25, 0.3) is 10.9 Å². The van der Waals surface area contributed by atoms with E-state index < -0.39 is 0 Å². The third-order valence-corrected chi connectivity index (χ3v) is 2.11. The van der Waals surface area contributed by atoms with Gasteiger partial charge in [0.05, 0.1) is 24.4 Å². The van der Waals surface area contributed by atoms with Crippen molar-refractivity contribution in [3.8, 4) is 0 Å². The second-order valence-electron chi connectivity index (χ2n) is 2.97. The Morgan fingerprint density at radius 3 is 3.15 bits per heavy atom. The minimum atomic E-state index is -0.343. The quantitative estimate of drug-likeness (QED) is 0.627. The molecule has 0 saturated carbocycles. The summed E-state index contributed by atoms with van der Waals surface area (Å²) in [6.45, 7) is -0.0574. The van der Waals surface area contributed by atoms with Crippen molar-refractivity contribution in [3.63, 3.8) is 0 Å². The molecule has 68 valence electrons. The van der Waals surface area contributed by atoms with Crippen molar-refractivity contribution in [1.29, 1.82) is 0 Å². The van der Waals surface area contributed by atoms with E-state index in [4.69, 9.17) is 10.8 Å². The fraction of sp³-hybridized carbons (Fsp3) is 0.222. The highest BCUT2D eigenvalue weighted by molar-refractivity contribution is 5.81. The van der Waals surface area contributed by atoms with Crippen molar-refractivity contribution < 1.29 is 5.11 Å². The van der Waals surface area contributed by atoms with Crippen LogP contribution in [0.5, 0.6) is 0 Å². The summed E-state index contributed by atoms with van der Waals surface area (Å²) in [6, 6.07) is 5.40. The molecule has 0 aliphatic heterocycles. The maximum atomic E-state index is 8.93. The van der Waals surface area contributed by atoms with Crippen LogP contribution in [0, 0.1) is 0 Å². The lowest BCUT2D eigenvalue weighted by atomic mass is 10.1. The zero-order valence-electron chi connectivity index (χ0n) is 7.07. The molecule has 4 heteroatoms. The largest absolute Gasteiger partial charge is 0.394 e. The highest BCUT2D eigenvalue weighted by atomic mass is 16.3. The molecule has 0 saturated heterocycles.